The normalized spacial score (nSPS) is 12.7. The molecule has 3 aromatic heterocycles. The number of alkyl halides is 3. The molecule has 0 amide bonds. The first kappa shape index (κ1) is 18.5. The van der Waals surface area contributed by atoms with E-state index in [1.807, 2.05) is 0 Å². The molecule has 0 saturated heterocycles. The van der Waals surface area contributed by atoms with Crippen LogP contribution in [0.1, 0.15) is 30.0 Å². The van der Waals surface area contributed by atoms with Gasteiger partial charge in [0, 0.05) is 18.0 Å². The third kappa shape index (κ3) is 4.46. The molecule has 3 rings (SSSR count). The Balaban J connectivity index is 1.87. The summed E-state index contributed by atoms with van der Waals surface area (Å²) in [7, 11) is 0. The van der Waals surface area contributed by atoms with Crippen molar-refractivity contribution < 1.29 is 17.6 Å². The smallest absolute Gasteiger partial charge is 0.344 e. The zero-order valence-electron chi connectivity index (χ0n) is 14.1. The second-order valence-electron chi connectivity index (χ2n) is 5.64. The summed E-state index contributed by atoms with van der Waals surface area (Å²) >= 11 is 0. The molecule has 0 aliphatic rings. The summed E-state index contributed by atoms with van der Waals surface area (Å²) in [5.41, 5.74) is -0.375. The predicted octanol–water partition coefficient (Wildman–Crippen LogP) is 3.37. The first-order valence-electron chi connectivity index (χ1n) is 7.69. The second-order valence-corrected chi connectivity index (χ2v) is 5.64. The van der Waals surface area contributed by atoms with Crippen molar-refractivity contribution in [3.63, 3.8) is 0 Å². The number of halogens is 4. The quantitative estimate of drug-likeness (QED) is 0.581. The molecule has 8 nitrogen and oxygen atoms in total. The Morgan fingerprint density at radius 1 is 1.11 bits per heavy atom. The van der Waals surface area contributed by atoms with Crippen LogP contribution in [-0.2, 0) is 6.18 Å². The van der Waals surface area contributed by atoms with E-state index in [-0.39, 0.29) is 17.6 Å². The summed E-state index contributed by atoms with van der Waals surface area (Å²) in [5.74, 6) is -0.732. The first-order chi connectivity index (χ1) is 12.7. The monoisotopic (exact) mass is 382 g/mol. The van der Waals surface area contributed by atoms with Crippen LogP contribution in [-0.4, -0.2) is 30.1 Å². The lowest BCUT2D eigenvalue weighted by molar-refractivity contribution is -0.137. The maximum atomic E-state index is 13.2. The fourth-order valence-electron chi connectivity index (χ4n) is 2.16. The number of hydrogen-bond acceptors (Lipinski definition) is 7. The minimum atomic E-state index is -4.65. The Kier molecular flexibility index (Phi) is 4.88. The number of nitrogens with one attached hydrogen (secondary N) is 3. The van der Waals surface area contributed by atoms with Crippen LogP contribution in [0.3, 0.4) is 0 Å². The van der Waals surface area contributed by atoms with Gasteiger partial charge in [-0.3, -0.25) is 5.10 Å². The van der Waals surface area contributed by atoms with E-state index in [0.29, 0.717) is 11.9 Å². The third-order valence-electron chi connectivity index (χ3n) is 3.42. The molecule has 0 aliphatic heterocycles. The molecule has 27 heavy (non-hydrogen) atoms. The van der Waals surface area contributed by atoms with Crippen molar-refractivity contribution in [1.29, 1.82) is 0 Å². The highest BCUT2D eigenvalue weighted by Crippen LogP contribution is 2.35. The van der Waals surface area contributed by atoms with Gasteiger partial charge in [0.1, 0.15) is 17.2 Å². The number of rotatable bonds is 5. The van der Waals surface area contributed by atoms with Crippen molar-refractivity contribution in [2.45, 2.75) is 26.1 Å². The Bertz CT molecular complexity index is 922. The van der Waals surface area contributed by atoms with Crippen molar-refractivity contribution in [3.8, 4) is 0 Å². The Labute approximate surface area is 150 Å². The summed E-state index contributed by atoms with van der Waals surface area (Å²) < 4.78 is 52.6. The van der Waals surface area contributed by atoms with Crippen LogP contribution in [0.15, 0.2) is 24.7 Å². The van der Waals surface area contributed by atoms with Gasteiger partial charge < -0.3 is 10.6 Å². The van der Waals surface area contributed by atoms with Crippen LogP contribution in [0.4, 0.5) is 35.1 Å². The topological polar surface area (TPSA) is 104 Å². The molecule has 3 aromatic rings. The third-order valence-corrected chi connectivity index (χ3v) is 3.42. The first-order valence-corrected chi connectivity index (χ1v) is 7.69. The van der Waals surface area contributed by atoms with E-state index in [1.165, 1.54) is 6.07 Å². The average Bonchev–Trinajstić information content (AvgIpc) is 2.99. The van der Waals surface area contributed by atoms with Gasteiger partial charge in [-0.2, -0.15) is 23.3 Å². The van der Waals surface area contributed by atoms with Gasteiger partial charge >= 0.3 is 6.18 Å². The number of H-pyrrole nitrogens is 1. The number of hydrogen-bond donors (Lipinski definition) is 3. The molecule has 0 aromatic carbocycles. The molecule has 0 unspecified atom stereocenters. The van der Waals surface area contributed by atoms with Crippen molar-refractivity contribution in [3.05, 3.63) is 47.6 Å². The van der Waals surface area contributed by atoms with E-state index in [2.05, 4.69) is 40.8 Å². The van der Waals surface area contributed by atoms with Crippen molar-refractivity contribution >= 4 is 17.6 Å². The Morgan fingerprint density at radius 2 is 1.81 bits per heavy atom. The number of aromatic nitrogens is 6. The SMILES string of the molecule is Cc1cc(Nc2nc(N[C@@H](C)c3ncc(F)cn3)ncc2C(F)(F)F)n[nH]1. The van der Waals surface area contributed by atoms with Crippen LogP contribution in [0.25, 0.3) is 0 Å². The molecule has 3 N–H and O–H groups in total. The fraction of sp³-hybridized carbons (Fsp3) is 0.267. The van der Waals surface area contributed by atoms with Crippen molar-refractivity contribution in [2.75, 3.05) is 10.6 Å². The Morgan fingerprint density at radius 3 is 2.41 bits per heavy atom. The lowest BCUT2D eigenvalue weighted by atomic mass is 10.3. The minimum absolute atomic E-state index is 0.0850. The zero-order chi connectivity index (χ0) is 19.6. The van der Waals surface area contributed by atoms with Gasteiger partial charge in [0.2, 0.25) is 5.95 Å². The summed E-state index contributed by atoms with van der Waals surface area (Å²) in [4.78, 5) is 15.2. The van der Waals surface area contributed by atoms with Gasteiger partial charge in [-0.15, -0.1) is 0 Å². The highest BCUT2D eigenvalue weighted by atomic mass is 19.4. The summed E-state index contributed by atoms with van der Waals surface area (Å²) in [6.07, 6.45) is -2.02. The van der Waals surface area contributed by atoms with E-state index in [0.717, 1.165) is 12.4 Å². The van der Waals surface area contributed by atoms with Gasteiger partial charge in [0.25, 0.3) is 0 Å². The fourth-order valence-corrected chi connectivity index (χ4v) is 2.16. The summed E-state index contributed by atoms with van der Waals surface area (Å²) in [6.45, 7) is 3.35. The van der Waals surface area contributed by atoms with Crippen molar-refractivity contribution in [2.24, 2.45) is 0 Å². The minimum Gasteiger partial charge on any atom is -0.344 e. The summed E-state index contributed by atoms with van der Waals surface area (Å²) in [6, 6.07) is 0.965. The van der Waals surface area contributed by atoms with E-state index in [4.69, 9.17) is 0 Å². The van der Waals surface area contributed by atoms with E-state index >= 15 is 0 Å². The Hall–Kier alpha value is -3.31. The molecular formula is C15H14F4N8. The molecule has 0 fully saturated rings. The predicted molar refractivity (Wildman–Crippen MR) is 87.7 cm³/mol. The van der Waals surface area contributed by atoms with E-state index in [9.17, 15) is 17.6 Å². The standard InChI is InChI=1S/C15H14F4N8/c1-7-3-11(27-26-7)24-13-10(15(17,18)19)6-22-14(25-13)23-8(2)12-20-4-9(16)5-21-12/h3-6,8H,1-2H3,(H3,22,23,24,25,26,27)/t8-/m0/s1. The van der Waals surface area contributed by atoms with E-state index < -0.39 is 29.4 Å². The van der Waals surface area contributed by atoms with Crippen LogP contribution in [0.2, 0.25) is 0 Å². The highest BCUT2D eigenvalue weighted by molar-refractivity contribution is 5.58. The maximum absolute atomic E-state index is 13.2. The number of anilines is 3. The van der Waals surface area contributed by atoms with Crippen LogP contribution < -0.4 is 10.6 Å². The van der Waals surface area contributed by atoms with Crippen molar-refractivity contribution in [1.82, 2.24) is 30.1 Å². The molecule has 0 spiro atoms. The number of nitrogens with zero attached hydrogens (tertiary/aromatic N) is 5. The highest BCUT2D eigenvalue weighted by Gasteiger charge is 2.35. The van der Waals surface area contributed by atoms with Gasteiger partial charge in [-0.25, -0.2) is 19.3 Å². The van der Waals surface area contributed by atoms with Gasteiger partial charge in [0.15, 0.2) is 11.6 Å². The number of aryl methyl sites for hydroxylation is 1. The summed E-state index contributed by atoms with van der Waals surface area (Å²) in [5, 5.41) is 11.8. The molecule has 0 radical (unpaired) electrons. The zero-order valence-corrected chi connectivity index (χ0v) is 14.1. The van der Waals surface area contributed by atoms with Gasteiger partial charge in [-0.05, 0) is 13.8 Å². The molecule has 0 saturated carbocycles. The van der Waals surface area contributed by atoms with Gasteiger partial charge in [0.05, 0.1) is 18.4 Å². The lowest BCUT2D eigenvalue weighted by Gasteiger charge is -2.16. The van der Waals surface area contributed by atoms with E-state index in [1.54, 1.807) is 13.8 Å². The number of aromatic amines is 1. The molecule has 12 heteroatoms. The van der Waals surface area contributed by atoms with Gasteiger partial charge in [-0.1, -0.05) is 0 Å². The molecular weight excluding hydrogens is 368 g/mol. The lowest BCUT2D eigenvalue weighted by Crippen LogP contribution is -2.16. The molecule has 0 bridgehead atoms. The molecule has 3 heterocycles. The van der Waals surface area contributed by atoms with Crippen LogP contribution >= 0.6 is 0 Å². The maximum Gasteiger partial charge on any atom is 0.421 e. The van der Waals surface area contributed by atoms with Crippen LogP contribution in [0.5, 0.6) is 0 Å². The largest absolute Gasteiger partial charge is 0.421 e. The molecule has 142 valence electrons. The molecule has 0 aliphatic carbocycles. The average molecular weight is 382 g/mol. The second kappa shape index (κ2) is 7.13. The van der Waals surface area contributed by atoms with Crippen LogP contribution in [0, 0.1) is 12.7 Å². The molecule has 1 atom stereocenters.